The number of nitrogens with two attached hydrogens (primary N) is 1. The van der Waals surface area contributed by atoms with Crippen molar-refractivity contribution in [3.8, 4) is 17.2 Å². The van der Waals surface area contributed by atoms with Crippen LogP contribution in [-0.2, 0) is 16.4 Å². The summed E-state index contributed by atoms with van der Waals surface area (Å²) in [7, 11) is -2.36. The number of nitrogens with one attached hydrogen (secondary N) is 1. The third-order valence-electron chi connectivity index (χ3n) is 4.56. The molecule has 0 radical (unpaired) electrons. The molecular weight excluding hydrogens is 404 g/mol. The van der Waals surface area contributed by atoms with E-state index in [1.54, 1.807) is 54.9 Å². The van der Waals surface area contributed by atoms with Gasteiger partial charge in [-0.05, 0) is 61.0 Å². The quantitative estimate of drug-likeness (QED) is 0.467. The Bertz CT molecular complexity index is 1290. The lowest BCUT2D eigenvalue weighted by Gasteiger charge is -2.13. The van der Waals surface area contributed by atoms with Gasteiger partial charge in [-0.15, -0.1) is 0 Å². The minimum Gasteiger partial charge on any atom is -0.497 e. The summed E-state index contributed by atoms with van der Waals surface area (Å²) in [5, 5.41) is 0. The van der Waals surface area contributed by atoms with E-state index in [9.17, 15) is 8.42 Å². The van der Waals surface area contributed by atoms with Crippen molar-refractivity contribution < 1.29 is 17.6 Å². The molecule has 4 rings (SSSR count). The molecule has 0 aliphatic rings. The summed E-state index contributed by atoms with van der Waals surface area (Å²) in [4.78, 5) is 8.61. The van der Waals surface area contributed by atoms with E-state index in [1.807, 2.05) is 0 Å². The van der Waals surface area contributed by atoms with Crippen molar-refractivity contribution in [2.45, 2.75) is 11.3 Å². The number of nitrogens with zero attached hydrogens (tertiary/aromatic N) is 2. The summed E-state index contributed by atoms with van der Waals surface area (Å²) in [6, 6.07) is 13.4. The summed E-state index contributed by atoms with van der Waals surface area (Å²) in [6.45, 7) is 0.309. The van der Waals surface area contributed by atoms with E-state index in [-0.39, 0.29) is 4.90 Å². The molecule has 2 aromatic heterocycles. The molecule has 0 aliphatic heterocycles. The van der Waals surface area contributed by atoms with Crippen molar-refractivity contribution in [1.29, 1.82) is 0 Å². The third kappa shape index (κ3) is 3.85. The van der Waals surface area contributed by atoms with Gasteiger partial charge in [0.1, 0.15) is 11.3 Å². The standard InChI is InChI=1S/C21H20N4O4S/c1-28-16-5-6-19(15(13-16)7-10-22)30(26,27)25-17-3-2-4-18-20(17)24-21(29-18)14-8-11-23-12-9-14/h2-6,8-9,11-13,25H,7,10,22H2,1H3. The zero-order valence-corrected chi connectivity index (χ0v) is 17.0. The van der Waals surface area contributed by atoms with Gasteiger partial charge in [0.15, 0.2) is 5.58 Å². The zero-order chi connectivity index (χ0) is 21.1. The first kappa shape index (κ1) is 19.9. The number of para-hydroxylation sites is 1. The smallest absolute Gasteiger partial charge is 0.262 e. The van der Waals surface area contributed by atoms with Crippen LogP contribution in [0.3, 0.4) is 0 Å². The van der Waals surface area contributed by atoms with Crippen molar-refractivity contribution in [3.63, 3.8) is 0 Å². The second-order valence-corrected chi connectivity index (χ2v) is 8.18. The van der Waals surface area contributed by atoms with Gasteiger partial charge in [0.05, 0.1) is 17.7 Å². The van der Waals surface area contributed by atoms with E-state index in [4.69, 9.17) is 14.9 Å². The van der Waals surface area contributed by atoms with Crippen LogP contribution in [0.15, 0.2) is 70.2 Å². The van der Waals surface area contributed by atoms with Gasteiger partial charge in [0, 0.05) is 18.0 Å². The van der Waals surface area contributed by atoms with E-state index in [0.29, 0.717) is 47.0 Å². The fraction of sp³-hybridized carbons (Fsp3) is 0.143. The topological polar surface area (TPSA) is 120 Å². The van der Waals surface area contributed by atoms with Crippen LogP contribution in [0.5, 0.6) is 5.75 Å². The largest absolute Gasteiger partial charge is 0.497 e. The number of oxazole rings is 1. The number of fused-ring (bicyclic) bond motifs is 1. The van der Waals surface area contributed by atoms with Crippen molar-refractivity contribution >= 4 is 26.8 Å². The Morgan fingerprint density at radius 1 is 1.13 bits per heavy atom. The highest BCUT2D eigenvalue weighted by atomic mass is 32.2. The molecule has 0 saturated carbocycles. The Labute approximate surface area is 173 Å². The van der Waals surface area contributed by atoms with Crippen molar-refractivity contribution in [3.05, 3.63) is 66.5 Å². The highest BCUT2D eigenvalue weighted by molar-refractivity contribution is 7.92. The fourth-order valence-electron chi connectivity index (χ4n) is 3.14. The van der Waals surface area contributed by atoms with E-state index in [1.165, 1.54) is 13.2 Å². The Balaban J connectivity index is 1.74. The Hall–Kier alpha value is -3.43. The lowest BCUT2D eigenvalue weighted by molar-refractivity contribution is 0.414. The number of sulfonamides is 1. The zero-order valence-electron chi connectivity index (χ0n) is 16.2. The molecule has 0 atom stereocenters. The highest BCUT2D eigenvalue weighted by Gasteiger charge is 2.21. The molecule has 4 aromatic rings. The monoisotopic (exact) mass is 424 g/mol. The summed E-state index contributed by atoms with van der Waals surface area (Å²) in [5.74, 6) is 0.949. The van der Waals surface area contributed by atoms with Gasteiger partial charge in [-0.3, -0.25) is 9.71 Å². The molecule has 2 heterocycles. The molecule has 0 aliphatic carbocycles. The van der Waals surface area contributed by atoms with E-state index < -0.39 is 10.0 Å². The Kier molecular flexibility index (Phi) is 5.39. The molecule has 8 nitrogen and oxygen atoms in total. The molecule has 2 aromatic carbocycles. The second-order valence-electron chi connectivity index (χ2n) is 6.53. The first-order valence-electron chi connectivity index (χ1n) is 9.21. The van der Waals surface area contributed by atoms with Crippen LogP contribution in [0.4, 0.5) is 5.69 Å². The molecule has 0 spiro atoms. The van der Waals surface area contributed by atoms with Gasteiger partial charge in [-0.2, -0.15) is 0 Å². The number of ether oxygens (including phenoxy) is 1. The average Bonchev–Trinajstić information content (AvgIpc) is 3.20. The highest BCUT2D eigenvalue weighted by Crippen LogP contribution is 2.31. The third-order valence-corrected chi connectivity index (χ3v) is 6.03. The van der Waals surface area contributed by atoms with Gasteiger partial charge in [0.25, 0.3) is 10.0 Å². The molecular formula is C21H20N4O4S. The number of methoxy groups -OCH3 is 1. The first-order chi connectivity index (χ1) is 14.5. The van der Waals surface area contributed by atoms with E-state index in [0.717, 1.165) is 5.56 Å². The first-order valence-corrected chi connectivity index (χ1v) is 10.7. The van der Waals surface area contributed by atoms with Gasteiger partial charge in [0.2, 0.25) is 5.89 Å². The number of hydrogen-bond donors (Lipinski definition) is 2. The predicted molar refractivity (Wildman–Crippen MR) is 114 cm³/mol. The maximum Gasteiger partial charge on any atom is 0.262 e. The Morgan fingerprint density at radius 3 is 2.67 bits per heavy atom. The van der Waals surface area contributed by atoms with Gasteiger partial charge in [-0.1, -0.05) is 6.07 Å². The number of hydrogen-bond acceptors (Lipinski definition) is 7. The normalized spacial score (nSPS) is 11.5. The Morgan fingerprint density at radius 2 is 1.93 bits per heavy atom. The van der Waals surface area contributed by atoms with Crippen LogP contribution in [0.25, 0.3) is 22.6 Å². The number of anilines is 1. The minimum absolute atomic E-state index is 0.142. The number of benzene rings is 2. The van der Waals surface area contributed by atoms with Crippen molar-refractivity contribution in [1.82, 2.24) is 9.97 Å². The van der Waals surface area contributed by atoms with Crippen LogP contribution in [0.1, 0.15) is 5.56 Å². The maximum atomic E-state index is 13.2. The van der Waals surface area contributed by atoms with Crippen molar-refractivity contribution in [2.75, 3.05) is 18.4 Å². The van der Waals surface area contributed by atoms with Crippen LogP contribution in [0.2, 0.25) is 0 Å². The molecule has 154 valence electrons. The summed E-state index contributed by atoms with van der Waals surface area (Å²) < 4.78 is 40.0. The van der Waals surface area contributed by atoms with Crippen LogP contribution < -0.4 is 15.2 Å². The van der Waals surface area contributed by atoms with Gasteiger partial charge >= 0.3 is 0 Å². The predicted octanol–water partition coefficient (Wildman–Crippen LogP) is 3.20. The lowest BCUT2D eigenvalue weighted by Crippen LogP contribution is -2.17. The fourth-order valence-corrected chi connectivity index (χ4v) is 4.46. The molecule has 0 saturated heterocycles. The lowest BCUT2D eigenvalue weighted by atomic mass is 10.1. The second kappa shape index (κ2) is 8.13. The molecule has 30 heavy (non-hydrogen) atoms. The van der Waals surface area contributed by atoms with Crippen molar-refractivity contribution in [2.24, 2.45) is 5.73 Å². The maximum absolute atomic E-state index is 13.2. The number of aromatic nitrogens is 2. The molecule has 3 N–H and O–H groups in total. The van der Waals surface area contributed by atoms with E-state index in [2.05, 4.69) is 14.7 Å². The average molecular weight is 424 g/mol. The number of pyridine rings is 1. The number of rotatable bonds is 7. The molecule has 0 amide bonds. The molecule has 9 heteroatoms. The summed E-state index contributed by atoms with van der Waals surface area (Å²) in [5.41, 5.74) is 8.20. The molecule has 0 unspecified atom stereocenters. The van der Waals surface area contributed by atoms with E-state index >= 15 is 0 Å². The molecule has 0 fully saturated rings. The minimum atomic E-state index is -3.89. The SMILES string of the molecule is COc1ccc(S(=O)(=O)Nc2cccc3oc(-c4ccncc4)nc23)c(CCN)c1. The van der Waals surface area contributed by atoms with Gasteiger partial charge in [-0.25, -0.2) is 13.4 Å². The van der Waals surface area contributed by atoms with Crippen LogP contribution in [0, 0.1) is 0 Å². The summed E-state index contributed by atoms with van der Waals surface area (Å²) >= 11 is 0. The summed E-state index contributed by atoms with van der Waals surface area (Å²) in [6.07, 6.45) is 3.67. The van der Waals surface area contributed by atoms with Crippen LogP contribution in [-0.4, -0.2) is 32.0 Å². The molecule has 0 bridgehead atoms. The van der Waals surface area contributed by atoms with Gasteiger partial charge < -0.3 is 14.9 Å². The van der Waals surface area contributed by atoms with Crippen LogP contribution >= 0.6 is 0 Å².